The molecule has 7 heteroatoms. The Kier molecular flexibility index (Phi) is 5.65. The Bertz CT molecular complexity index is 448. The number of halogens is 4. The number of alkyl halides is 3. The van der Waals surface area contributed by atoms with Crippen molar-refractivity contribution < 1.29 is 22.4 Å². The van der Waals surface area contributed by atoms with Gasteiger partial charge in [0.2, 0.25) is 0 Å². The van der Waals surface area contributed by atoms with Crippen LogP contribution in [0.4, 0.5) is 17.6 Å². The van der Waals surface area contributed by atoms with Crippen LogP contribution in [-0.2, 0) is 0 Å². The Hall–Kier alpha value is -1.24. The van der Waals surface area contributed by atoms with Gasteiger partial charge in [-0.1, -0.05) is 0 Å². The van der Waals surface area contributed by atoms with Crippen LogP contribution in [0, 0.1) is 5.82 Å². The lowest BCUT2D eigenvalue weighted by Crippen LogP contribution is -2.24. The summed E-state index contributed by atoms with van der Waals surface area (Å²) in [6, 6.07) is 3.67. The first-order valence-electron chi connectivity index (χ1n) is 5.63. The largest absolute Gasteiger partial charge is 0.389 e. The zero-order valence-electron chi connectivity index (χ0n) is 9.93. The van der Waals surface area contributed by atoms with Crippen LogP contribution in [0.3, 0.4) is 0 Å². The number of unbranched alkanes of at least 4 members (excludes halogenated alkanes) is 1. The van der Waals surface area contributed by atoms with Gasteiger partial charge in [0.25, 0.3) is 5.91 Å². The van der Waals surface area contributed by atoms with Crippen molar-refractivity contribution >= 4 is 18.5 Å². The number of thiol groups is 1. The van der Waals surface area contributed by atoms with Crippen molar-refractivity contribution in [1.82, 2.24) is 5.32 Å². The number of hydrogen-bond acceptors (Lipinski definition) is 2. The first kappa shape index (κ1) is 15.8. The van der Waals surface area contributed by atoms with E-state index in [1.807, 2.05) is 0 Å². The minimum Gasteiger partial charge on any atom is -0.352 e. The molecule has 0 heterocycles. The Balaban J connectivity index is 2.33. The van der Waals surface area contributed by atoms with Gasteiger partial charge in [-0.15, -0.1) is 12.6 Å². The summed E-state index contributed by atoms with van der Waals surface area (Å²) in [6.45, 7) is 0.147. The third-order valence-electron chi connectivity index (χ3n) is 2.38. The van der Waals surface area contributed by atoms with Crippen LogP contribution >= 0.6 is 12.6 Å². The second-order valence-electron chi connectivity index (χ2n) is 3.99. The molecule has 0 saturated heterocycles. The molecule has 0 atom stereocenters. The maximum Gasteiger partial charge on any atom is 0.389 e. The molecule has 1 rings (SSSR count). The molecule has 0 fully saturated rings. The van der Waals surface area contributed by atoms with Crippen molar-refractivity contribution in [3.05, 3.63) is 29.6 Å². The molecule has 106 valence electrons. The molecule has 0 unspecified atom stereocenters. The summed E-state index contributed by atoms with van der Waals surface area (Å²) in [7, 11) is 0. The molecule has 1 aromatic rings. The van der Waals surface area contributed by atoms with E-state index in [1.54, 1.807) is 0 Å². The Morgan fingerprint density at radius 3 is 2.53 bits per heavy atom. The van der Waals surface area contributed by atoms with Crippen molar-refractivity contribution in [3.8, 4) is 0 Å². The molecule has 0 aromatic heterocycles. The van der Waals surface area contributed by atoms with Crippen LogP contribution in [0.2, 0.25) is 0 Å². The predicted molar refractivity (Wildman–Crippen MR) is 65.9 cm³/mol. The fourth-order valence-corrected chi connectivity index (χ4v) is 1.62. The minimum absolute atomic E-state index is 0.0367. The highest BCUT2D eigenvalue weighted by atomic mass is 32.1. The number of carbonyl (C=O) groups is 1. The maximum atomic E-state index is 12.9. The quantitative estimate of drug-likeness (QED) is 0.485. The molecule has 0 radical (unpaired) electrons. The van der Waals surface area contributed by atoms with Crippen molar-refractivity contribution in [3.63, 3.8) is 0 Å². The number of carbonyl (C=O) groups excluding carboxylic acids is 1. The molecule has 1 N–H and O–H groups in total. The monoisotopic (exact) mass is 295 g/mol. The van der Waals surface area contributed by atoms with Gasteiger partial charge in [-0.05, 0) is 31.0 Å². The van der Waals surface area contributed by atoms with Gasteiger partial charge in [-0.25, -0.2) is 4.39 Å². The lowest BCUT2D eigenvalue weighted by Gasteiger charge is -2.07. The molecule has 2 nitrogen and oxygen atoms in total. The lowest BCUT2D eigenvalue weighted by molar-refractivity contribution is -0.135. The lowest BCUT2D eigenvalue weighted by atomic mass is 10.2. The smallest absolute Gasteiger partial charge is 0.352 e. The van der Waals surface area contributed by atoms with E-state index in [2.05, 4.69) is 17.9 Å². The van der Waals surface area contributed by atoms with Crippen LogP contribution in [0.25, 0.3) is 0 Å². The fourth-order valence-electron chi connectivity index (χ4n) is 1.41. The standard InChI is InChI=1S/C12H13F4NOS/c13-9-4-3-8(7-10(9)19)11(18)17-6-2-1-5-12(14,15)16/h3-4,7,19H,1-2,5-6H2,(H,17,18). The number of amides is 1. The van der Waals surface area contributed by atoms with E-state index in [0.29, 0.717) is 0 Å². The summed E-state index contributed by atoms with van der Waals surface area (Å²) in [5, 5.41) is 2.47. The van der Waals surface area contributed by atoms with Crippen LogP contribution in [-0.4, -0.2) is 18.6 Å². The fraction of sp³-hybridized carbons (Fsp3) is 0.417. The number of rotatable bonds is 5. The van der Waals surface area contributed by atoms with E-state index in [1.165, 1.54) is 12.1 Å². The van der Waals surface area contributed by atoms with Gasteiger partial charge in [0.15, 0.2) is 0 Å². The molecular weight excluding hydrogens is 282 g/mol. The third kappa shape index (κ3) is 5.96. The Morgan fingerprint density at radius 1 is 1.26 bits per heavy atom. The molecule has 0 bridgehead atoms. The van der Waals surface area contributed by atoms with Crippen LogP contribution < -0.4 is 5.32 Å². The van der Waals surface area contributed by atoms with Crippen molar-refractivity contribution in [2.24, 2.45) is 0 Å². The van der Waals surface area contributed by atoms with E-state index in [-0.39, 0.29) is 29.8 Å². The molecular formula is C12H13F4NOS. The normalized spacial score (nSPS) is 11.4. The molecule has 0 aliphatic heterocycles. The van der Waals surface area contributed by atoms with Crippen LogP contribution in [0.15, 0.2) is 23.1 Å². The second-order valence-corrected chi connectivity index (χ2v) is 4.48. The van der Waals surface area contributed by atoms with Gasteiger partial charge in [0, 0.05) is 23.4 Å². The van der Waals surface area contributed by atoms with Gasteiger partial charge >= 0.3 is 6.18 Å². The molecule has 0 aliphatic carbocycles. The molecule has 19 heavy (non-hydrogen) atoms. The second kappa shape index (κ2) is 6.79. The third-order valence-corrected chi connectivity index (χ3v) is 2.72. The highest BCUT2D eigenvalue weighted by Gasteiger charge is 2.25. The SMILES string of the molecule is O=C(NCCCCC(F)(F)F)c1ccc(F)c(S)c1. The van der Waals surface area contributed by atoms with Crippen LogP contribution in [0.5, 0.6) is 0 Å². The molecule has 0 aliphatic rings. The number of hydrogen-bond donors (Lipinski definition) is 2. The van der Waals surface area contributed by atoms with Gasteiger partial charge in [0.05, 0.1) is 0 Å². The molecule has 1 amide bonds. The highest BCUT2D eigenvalue weighted by molar-refractivity contribution is 7.80. The number of benzene rings is 1. The predicted octanol–water partition coefficient (Wildman–Crippen LogP) is 3.58. The maximum absolute atomic E-state index is 12.9. The van der Waals surface area contributed by atoms with Gasteiger partial charge < -0.3 is 5.32 Å². The highest BCUT2D eigenvalue weighted by Crippen LogP contribution is 2.21. The zero-order valence-corrected chi connectivity index (χ0v) is 10.8. The first-order valence-corrected chi connectivity index (χ1v) is 6.08. The van der Waals surface area contributed by atoms with Crippen LogP contribution in [0.1, 0.15) is 29.6 Å². The van der Waals surface area contributed by atoms with E-state index in [0.717, 1.165) is 6.07 Å². The summed E-state index contributed by atoms with van der Waals surface area (Å²) in [5.74, 6) is -0.993. The molecule has 1 aromatic carbocycles. The summed E-state index contributed by atoms with van der Waals surface area (Å²) >= 11 is 3.84. The first-order chi connectivity index (χ1) is 8.79. The van der Waals surface area contributed by atoms with Gasteiger partial charge in [-0.2, -0.15) is 13.2 Å². The number of nitrogens with one attached hydrogen (secondary N) is 1. The van der Waals surface area contributed by atoms with Crippen molar-refractivity contribution in [2.75, 3.05) is 6.54 Å². The van der Waals surface area contributed by atoms with Crippen molar-refractivity contribution in [2.45, 2.75) is 30.3 Å². The van der Waals surface area contributed by atoms with E-state index >= 15 is 0 Å². The Morgan fingerprint density at radius 2 is 1.95 bits per heavy atom. The summed E-state index contributed by atoms with van der Waals surface area (Å²) in [6.07, 6.45) is -4.83. The summed E-state index contributed by atoms with van der Waals surface area (Å²) in [4.78, 5) is 11.6. The van der Waals surface area contributed by atoms with Gasteiger partial charge in [0.1, 0.15) is 5.82 Å². The minimum atomic E-state index is -4.16. The topological polar surface area (TPSA) is 29.1 Å². The van der Waals surface area contributed by atoms with E-state index < -0.39 is 24.3 Å². The average molecular weight is 295 g/mol. The Labute approximate surface area is 113 Å². The zero-order chi connectivity index (χ0) is 14.5. The molecule has 0 spiro atoms. The van der Waals surface area contributed by atoms with E-state index in [4.69, 9.17) is 0 Å². The summed E-state index contributed by atoms with van der Waals surface area (Å²) in [5.41, 5.74) is 0.224. The molecule has 0 saturated carbocycles. The van der Waals surface area contributed by atoms with Gasteiger partial charge in [-0.3, -0.25) is 4.79 Å². The van der Waals surface area contributed by atoms with E-state index in [9.17, 15) is 22.4 Å². The average Bonchev–Trinajstić information content (AvgIpc) is 2.30. The van der Waals surface area contributed by atoms with Crippen molar-refractivity contribution in [1.29, 1.82) is 0 Å². The summed E-state index contributed by atoms with van der Waals surface area (Å²) < 4.78 is 48.5.